The van der Waals surface area contributed by atoms with E-state index in [2.05, 4.69) is 10.3 Å². The summed E-state index contributed by atoms with van der Waals surface area (Å²) in [6, 6.07) is 5.71. The predicted octanol–water partition coefficient (Wildman–Crippen LogP) is 6.73. The first-order chi connectivity index (χ1) is 18.5. The van der Waals surface area contributed by atoms with Gasteiger partial charge in [0.1, 0.15) is 11.6 Å². The molecular formula is C26H25ClF4N4OS3. The minimum atomic E-state index is -4.59. The van der Waals surface area contributed by atoms with Crippen LogP contribution in [0, 0.1) is 5.82 Å². The molecule has 2 aliphatic heterocycles. The van der Waals surface area contributed by atoms with E-state index in [1.54, 1.807) is 11.4 Å². The molecule has 2 unspecified atom stereocenters. The molecule has 2 aliphatic rings. The standard InChI is InChI=1S/C26H25ClF4N4OS3/c1-13-7-34(8-14(2)32-13)24-19-3-16(26(29,30)31)4-21-23(19)35(25(36)33-24)9-15(20-6-18(28)11-37-20)12-39(21)22-5-17(27)10-38-22/h3-6,10-11,13-15,32,39H,7-9,12H2,1-2H3/t13-,14+,15?. The average Bonchev–Trinajstić information content (AvgIpc) is 3.44. The smallest absolute Gasteiger partial charge is 0.353 e. The van der Waals surface area contributed by atoms with Crippen molar-refractivity contribution in [1.82, 2.24) is 14.9 Å². The van der Waals surface area contributed by atoms with Crippen LogP contribution in [0.3, 0.4) is 0 Å². The van der Waals surface area contributed by atoms with Crippen molar-refractivity contribution in [3.63, 3.8) is 0 Å². The number of hydrogen-bond donors (Lipinski definition) is 2. The SMILES string of the molecule is C[C@@H]1CN(c2nc(=O)n3c4c(cc(C(F)(F)F)cc24)[SH](c2cc(Cl)cs2)CC(c2cc(F)cs2)C3)C[C@H](C)N1. The van der Waals surface area contributed by atoms with Gasteiger partial charge >= 0.3 is 11.9 Å². The number of halogens is 5. The van der Waals surface area contributed by atoms with Gasteiger partial charge in [-0.05, 0) is 43.9 Å². The second kappa shape index (κ2) is 10.1. The fraction of sp³-hybridized carbons (Fsp3) is 0.385. The lowest BCUT2D eigenvalue weighted by Crippen LogP contribution is -2.55. The molecule has 0 saturated carbocycles. The summed E-state index contributed by atoms with van der Waals surface area (Å²) in [5, 5.41) is 7.42. The van der Waals surface area contributed by atoms with Crippen LogP contribution >= 0.6 is 45.2 Å². The minimum absolute atomic E-state index is 0.0671. The summed E-state index contributed by atoms with van der Waals surface area (Å²) in [4.78, 5) is 21.2. The molecule has 1 aromatic carbocycles. The van der Waals surface area contributed by atoms with E-state index < -0.39 is 28.3 Å². The van der Waals surface area contributed by atoms with E-state index in [1.165, 1.54) is 44.8 Å². The minimum Gasteiger partial charge on any atom is -0.353 e. The number of alkyl halides is 3. The summed E-state index contributed by atoms with van der Waals surface area (Å²) in [5.41, 5.74) is -0.808. The molecule has 0 aliphatic carbocycles. The third-order valence-electron chi connectivity index (χ3n) is 7.12. The summed E-state index contributed by atoms with van der Waals surface area (Å²) >= 11 is 8.94. The maximum Gasteiger partial charge on any atom is 0.416 e. The van der Waals surface area contributed by atoms with Gasteiger partial charge in [0.25, 0.3) is 0 Å². The first-order valence-electron chi connectivity index (χ1n) is 12.4. The Hall–Kier alpha value is -2.12. The van der Waals surface area contributed by atoms with Gasteiger partial charge < -0.3 is 10.2 Å². The third-order valence-corrected chi connectivity index (χ3v) is 12.6. The lowest BCUT2D eigenvalue weighted by Gasteiger charge is -2.37. The second-order valence-electron chi connectivity index (χ2n) is 10.2. The van der Waals surface area contributed by atoms with Gasteiger partial charge in [0.2, 0.25) is 0 Å². The number of aromatic nitrogens is 2. The molecule has 0 amide bonds. The summed E-state index contributed by atoms with van der Waals surface area (Å²) in [5.74, 6) is 0.0906. The molecule has 1 N–H and O–H groups in total. The number of nitrogens with zero attached hydrogens (tertiary/aromatic N) is 3. The van der Waals surface area contributed by atoms with E-state index in [4.69, 9.17) is 11.6 Å². The Morgan fingerprint density at radius 2 is 1.82 bits per heavy atom. The summed E-state index contributed by atoms with van der Waals surface area (Å²) in [6.45, 7) is 5.21. The number of thiol groups is 1. The van der Waals surface area contributed by atoms with Crippen LogP contribution in [0.25, 0.3) is 10.9 Å². The molecule has 4 atom stereocenters. The molecule has 0 spiro atoms. The van der Waals surface area contributed by atoms with Crippen molar-refractivity contribution in [2.45, 2.75) is 53.7 Å². The van der Waals surface area contributed by atoms with Crippen LogP contribution in [0.4, 0.5) is 23.4 Å². The number of anilines is 1. The first kappa shape index (κ1) is 27.1. The lowest BCUT2D eigenvalue weighted by molar-refractivity contribution is -0.137. The zero-order valence-electron chi connectivity index (χ0n) is 20.9. The van der Waals surface area contributed by atoms with Crippen LogP contribution in [0.2, 0.25) is 5.02 Å². The van der Waals surface area contributed by atoms with Gasteiger partial charge in [0.05, 0.1) is 16.1 Å². The molecule has 4 aromatic rings. The highest BCUT2D eigenvalue weighted by molar-refractivity contribution is 8.18. The summed E-state index contributed by atoms with van der Waals surface area (Å²) in [7, 11) is -1.35. The van der Waals surface area contributed by atoms with Gasteiger partial charge in [-0.1, -0.05) is 11.6 Å². The fourth-order valence-corrected chi connectivity index (χ4v) is 11.1. The van der Waals surface area contributed by atoms with E-state index >= 15 is 0 Å². The van der Waals surface area contributed by atoms with Crippen molar-refractivity contribution in [1.29, 1.82) is 0 Å². The van der Waals surface area contributed by atoms with Crippen molar-refractivity contribution in [3.8, 4) is 0 Å². The predicted molar refractivity (Wildman–Crippen MR) is 152 cm³/mol. The van der Waals surface area contributed by atoms with E-state index in [0.29, 0.717) is 39.7 Å². The van der Waals surface area contributed by atoms with Gasteiger partial charge in [0, 0.05) is 67.8 Å². The number of piperazine rings is 1. The van der Waals surface area contributed by atoms with Crippen LogP contribution in [-0.4, -0.2) is 40.5 Å². The molecular weight excluding hydrogens is 592 g/mol. The van der Waals surface area contributed by atoms with Gasteiger partial charge in [-0.2, -0.15) is 29.1 Å². The van der Waals surface area contributed by atoms with Gasteiger partial charge in [0.15, 0.2) is 0 Å². The summed E-state index contributed by atoms with van der Waals surface area (Å²) < 4.78 is 59.5. The maximum absolute atomic E-state index is 14.3. The highest BCUT2D eigenvalue weighted by atomic mass is 35.5. The van der Waals surface area contributed by atoms with Gasteiger partial charge in [-0.15, -0.1) is 22.7 Å². The molecule has 0 bridgehead atoms. The molecule has 39 heavy (non-hydrogen) atoms. The molecule has 5 heterocycles. The zero-order chi connectivity index (χ0) is 27.6. The number of hydrogen-bond acceptors (Lipinski definition) is 6. The van der Waals surface area contributed by atoms with Gasteiger partial charge in [-0.3, -0.25) is 4.57 Å². The van der Waals surface area contributed by atoms with Crippen LogP contribution in [0.15, 0.2) is 48.9 Å². The van der Waals surface area contributed by atoms with Crippen LogP contribution in [0.5, 0.6) is 0 Å². The lowest BCUT2D eigenvalue weighted by atomic mass is 10.1. The van der Waals surface area contributed by atoms with Crippen molar-refractivity contribution in [2.75, 3.05) is 23.7 Å². The second-order valence-corrected chi connectivity index (χ2v) is 14.9. The molecule has 3 aromatic heterocycles. The van der Waals surface area contributed by atoms with E-state index in [0.717, 1.165) is 15.2 Å². The van der Waals surface area contributed by atoms with Crippen LogP contribution < -0.4 is 15.9 Å². The largest absolute Gasteiger partial charge is 0.416 e. The Morgan fingerprint density at radius 3 is 2.44 bits per heavy atom. The van der Waals surface area contributed by atoms with Crippen molar-refractivity contribution in [2.24, 2.45) is 0 Å². The number of thiophene rings is 2. The van der Waals surface area contributed by atoms with Crippen LogP contribution in [-0.2, 0) is 12.7 Å². The molecule has 0 radical (unpaired) electrons. The quantitative estimate of drug-likeness (QED) is 0.198. The Balaban J connectivity index is 1.66. The zero-order valence-corrected chi connectivity index (χ0v) is 24.2. The van der Waals surface area contributed by atoms with Gasteiger partial charge in [-0.25, -0.2) is 9.18 Å². The number of nitrogens with one attached hydrogen (secondary N) is 1. The molecule has 5 nitrogen and oxygen atoms in total. The monoisotopic (exact) mass is 616 g/mol. The number of benzene rings is 1. The van der Waals surface area contributed by atoms with E-state index in [9.17, 15) is 22.4 Å². The van der Waals surface area contributed by atoms with Crippen molar-refractivity contribution >= 4 is 61.9 Å². The number of rotatable bonds is 3. The molecule has 1 saturated heterocycles. The third kappa shape index (κ3) is 5.10. The average molecular weight is 617 g/mol. The normalized spacial score (nSPS) is 24.7. The highest BCUT2D eigenvalue weighted by Crippen LogP contribution is 2.56. The first-order valence-corrected chi connectivity index (χ1v) is 16.1. The van der Waals surface area contributed by atoms with E-state index in [-0.39, 0.29) is 36.2 Å². The molecule has 1 fully saturated rings. The Labute approximate surface area is 237 Å². The summed E-state index contributed by atoms with van der Waals surface area (Å²) in [6.07, 6.45) is -4.59. The molecule has 13 heteroatoms. The Bertz CT molecular complexity index is 1610. The van der Waals surface area contributed by atoms with Crippen molar-refractivity contribution < 1.29 is 17.6 Å². The van der Waals surface area contributed by atoms with E-state index in [1.807, 2.05) is 18.7 Å². The van der Waals surface area contributed by atoms with Crippen LogP contribution in [0.1, 0.15) is 30.2 Å². The maximum atomic E-state index is 14.3. The Morgan fingerprint density at radius 1 is 1.08 bits per heavy atom. The highest BCUT2D eigenvalue weighted by Gasteiger charge is 2.37. The molecule has 208 valence electrons. The topological polar surface area (TPSA) is 50.2 Å². The molecule has 6 rings (SSSR count). The fourth-order valence-electron chi connectivity index (χ4n) is 5.63. The Kier molecular flexibility index (Phi) is 6.98. The van der Waals surface area contributed by atoms with Crippen molar-refractivity contribution in [3.05, 3.63) is 66.8 Å².